The summed E-state index contributed by atoms with van der Waals surface area (Å²) in [5.74, 6) is 1.20. The van der Waals surface area contributed by atoms with Crippen molar-refractivity contribution in [3.05, 3.63) is 11.7 Å². The molecule has 2 N–H and O–H groups in total. The lowest BCUT2D eigenvalue weighted by Gasteiger charge is -2.35. The molecule has 1 fully saturated rings. The maximum atomic E-state index is 6.02. The second-order valence-electron chi connectivity index (χ2n) is 5.25. The minimum Gasteiger partial charge on any atom is -0.367 e. The van der Waals surface area contributed by atoms with Gasteiger partial charge in [-0.3, -0.25) is 4.90 Å². The highest BCUT2D eigenvalue weighted by Crippen LogP contribution is 2.20. The van der Waals surface area contributed by atoms with Gasteiger partial charge >= 0.3 is 0 Å². The highest BCUT2D eigenvalue weighted by molar-refractivity contribution is 5.85. The fourth-order valence-electron chi connectivity index (χ4n) is 2.02. The number of aromatic nitrogens is 2. The molecule has 0 bridgehead atoms. The fourth-order valence-corrected chi connectivity index (χ4v) is 2.02. The van der Waals surface area contributed by atoms with Crippen molar-refractivity contribution < 1.29 is 9.26 Å². The van der Waals surface area contributed by atoms with Gasteiger partial charge in [0.25, 0.3) is 0 Å². The van der Waals surface area contributed by atoms with Crippen LogP contribution in [0.4, 0.5) is 0 Å². The zero-order chi connectivity index (χ0) is 12.5. The maximum Gasteiger partial charge on any atom is 0.223 e. The summed E-state index contributed by atoms with van der Waals surface area (Å²) in [6.07, 6.45) is -0.108. The van der Waals surface area contributed by atoms with Crippen LogP contribution in [0.3, 0.4) is 0 Å². The molecule has 18 heavy (non-hydrogen) atoms. The third-order valence-corrected chi connectivity index (χ3v) is 2.61. The normalized spacial score (nSPS) is 21.7. The van der Waals surface area contributed by atoms with Crippen LogP contribution in [0.5, 0.6) is 0 Å². The number of ether oxygens (including phenoxy) is 1. The summed E-state index contributed by atoms with van der Waals surface area (Å²) in [6, 6.07) is 0. The monoisotopic (exact) mass is 276 g/mol. The molecule has 1 aliphatic rings. The van der Waals surface area contributed by atoms with Gasteiger partial charge in [-0.25, -0.2) is 0 Å². The Labute approximate surface area is 113 Å². The summed E-state index contributed by atoms with van der Waals surface area (Å²) in [5.41, 5.74) is 5.82. The smallest absolute Gasteiger partial charge is 0.223 e. The molecule has 2 rings (SSSR count). The topological polar surface area (TPSA) is 77.4 Å². The number of rotatable bonds is 3. The SMILES string of the molecule is Cc1nc(C2CN(CC(C)(C)N)CCO2)no1.Cl. The van der Waals surface area contributed by atoms with Gasteiger partial charge < -0.3 is 15.0 Å². The van der Waals surface area contributed by atoms with Gasteiger partial charge in [0.15, 0.2) is 0 Å². The molecule has 7 heteroatoms. The summed E-state index contributed by atoms with van der Waals surface area (Å²) in [6.45, 7) is 9.00. The lowest BCUT2D eigenvalue weighted by atomic mass is 10.1. The molecule has 0 aliphatic carbocycles. The Bertz CT molecular complexity index is 377. The number of morpholine rings is 1. The van der Waals surface area contributed by atoms with E-state index in [1.54, 1.807) is 6.92 Å². The molecule has 0 saturated carbocycles. The number of nitrogens with zero attached hydrogens (tertiary/aromatic N) is 3. The summed E-state index contributed by atoms with van der Waals surface area (Å²) in [4.78, 5) is 6.48. The van der Waals surface area contributed by atoms with Crippen molar-refractivity contribution in [2.24, 2.45) is 5.73 Å². The molecular formula is C11H21ClN4O2. The van der Waals surface area contributed by atoms with Crippen LogP contribution in [0.1, 0.15) is 31.7 Å². The predicted octanol–water partition coefficient (Wildman–Crippen LogP) is 0.910. The minimum atomic E-state index is -0.199. The van der Waals surface area contributed by atoms with E-state index in [-0.39, 0.29) is 24.0 Å². The van der Waals surface area contributed by atoms with Crippen LogP contribution in [0.15, 0.2) is 4.52 Å². The highest BCUT2D eigenvalue weighted by Gasteiger charge is 2.28. The van der Waals surface area contributed by atoms with Crippen molar-refractivity contribution in [1.82, 2.24) is 15.0 Å². The quantitative estimate of drug-likeness (QED) is 0.884. The van der Waals surface area contributed by atoms with Gasteiger partial charge in [-0.05, 0) is 13.8 Å². The molecule has 1 unspecified atom stereocenters. The molecule has 1 atom stereocenters. The van der Waals surface area contributed by atoms with E-state index in [0.29, 0.717) is 18.3 Å². The Hall–Kier alpha value is -0.690. The first-order valence-corrected chi connectivity index (χ1v) is 5.87. The second-order valence-corrected chi connectivity index (χ2v) is 5.25. The Kier molecular flexibility index (Phi) is 5.10. The van der Waals surface area contributed by atoms with Gasteiger partial charge in [-0.15, -0.1) is 12.4 Å². The Morgan fingerprint density at radius 3 is 2.78 bits per heavy atom. The third-order valence-electron chi connectivity index (χ3n) is 2.61. The largest absolute Gasteiger partial charge is 0.367 e. The zero-order valence-electron chi connectivity index (χ0n) is 11.0. The molecular weight excluding hydrogens is 256 g/mol. The van der Waals surface area contributed by atoms with Crippen LogP contribution >= 0.6 is 12.4 Å². The van der Waals surface area contributed by atoms with E-state index in [0.717, 1.165) is 19.6 Å². The average molecular weight is 277 g/mol. The molecule has 2 heterocycles. The summed E-state index contributed by atoms with van der Waals surface area (Å²) >= 11 is 0. The van der Waals surface area contributed by atoms with Crippen molar-refractivity contribution in [1.29, 1.82) is 0 Å². The van der Waals surface area contributed by atoms with Gasteiger partial charge in [0.1, 0.15) is 6.10 Å². The van der Waals surface area contributed by atoms with Crippen molar-refractivity contribution in [2.45, 2.75) is 32.4 Å². The van der Waals surface area contributed by atoms with Crippen LogP contribution in [0.2, 0.25) is 0 Å². The molecule has 0 spiro atoms. The first kappa shape index (κ1) is 15.4. The van der Waals surface area contributed by atoms with Crippen molar-refractivity contribution >= 4 is 12.4 Å². The van der Waals surface area contributed by atoms with E-state index < -0.39 is 0 Å². The highest BCUT2D eigenvalue weighted by atomic mass is 35.5. The summed E-state index contributed by atoms with van der Waals surface area (Å²) < 4.78 is 10.6. The molecule has 1 saturated heterocycles. The number of hydrogen-bond acceptors (Lipinski definition) is 6. The zero-order valence-corrected chi connectivity index (χ0v) is 11.9. The first-order valence-electron chi connectivity index (χ1n) is 5.87. The molecule has 0 aromatic carbocycles. The maximum absolute atomic E-state index is 6.02. The summed E-state index contributed by atoms with van der Waals surface area (Å²) in [7, 11) is 0. The second kappa shape index (κ2) is 5.97. The van der Waals surface area contributed by atoms with Gasteiger partial charge in [-0.1, -0.05) is 5.16 Å². The van der Waals surface area contributed by atoms with Crippen LogP contribution in [0, 0.1) is 6.92 Å². The predicted molar refractivity (Wildman–Crippen MR) is 69.7 cm³/mol. The van der Waals surface area contributed by atoms with E-state index in [1.807, 2.05) is 13.8 Å². The van der Waals surface area contributed by atoms with Gasteiger partial charge in [0.05, 0.1) is 6.61 Å². The molecule has 0 amide bonds. The molecule has 104 valence electrons. The molecule has 0 radical (unpaired) electrons. The van der Waals surface area contributed by atoms with E-state index in [2.05, 4.69) is 15.0 Å². The van der Waals surface area contributed by atoms with Crippen molar-refractivity contribution in [3.63, 3.8) is 0 Å². The van der Waals surface area contributed by atoms with E-state index in [4.69, 9.17) is 15.0 Å². The molecule has 1 aliphatic heterocycles. The van der Waals surface area contributed by atoms with Gasteiger partial charge in [0.2, 0.25) is 11.7 Å². The molecule has 1 aromatic rings. The van der Waals surface area contributed by atoms with Crippen LogP contribution < -0.4 is 5.73 Å². The van der Waals surface area contributed by atoms with Crippen molar-refractivity contribution in [2.75, 3.05) is 26.2 Å². The number of aryl methyl sites for hydroxylation is 1. The van der Waals surface area contributed by atoms with Gasteiger partial charge in [0, 0.05) is 32.1 Å². The standard InChI is InChI=1S/C11H20N4O2.ClH/c1-8-13-10(14-17-8)9-6-15(4-5-16-9)7-11(2,3)12;/h9H,4-7,12H2,1-3H3;1H. The first-order chi connectivity index (χ1) is 7.94. The van der Waals surface area contributed by atoms with Gasteiger partial charge in [-0.2, -0.15) is 4.98 Å². The van der Waals surface area contributed by atoms with Crippen molar-refractivity contribution in [3.8, 4) is 0 Å². The van der Waals surface area contributed by atoms with Crippen LogP contribution in [-0.4, -0.2) is 46.8 Å². The summed E-state index contributed by atoms with van der Waals surface area (Å²) in [5, 5.41) is 3.90. The number of nitrogens with two attached hydrogens (primary N) is 1. The van der Waals surface area contributed by atoms with E-state index in [1.165, 1.54) is 0 Å². The average Bonchev–Trinajstić information content (AvgIpc) is 2.63. The fraction of sp³-hybridized carbons (Fsp3) is 0.818. The lowest BCUT2D eigenvalue weighted by Crippen LogP contribution is -2.49. The van der Waals surface area contributed by atoms with Crippen LogP contribution in [-0.2, 0) is 4.74 Å². The molecule has 6 nitrogen and oxygen atoms in total. The minimum absolute atomic E-state index is 0. The lowest BCUT2D eigenvalue weighted by molar-refractivity contribution is -0.0397. The van der Waals surface area contributed by atoms with E-state index in [9.17, 15) is 0 Å². The Balaban J connectivity index is 0.00000162. The van der Waals surface area contributed by atoms with E-state index >= 15 is 0 Å². The number of halogens is 1. The molecule has 1 aromatic heterocycles. The number of hydrogen-bond donors (Lipinski definition) is 1. The van der Waals surface area contributed by atoms with Crippen LogP contribution in [0.25, 0.3) is 0 Å². The third kappa shape index (κ3) is 4.20. The Morgan fingerprint density at radius 1 is 1.50 bits per heavy atom. The Morgan fingerprint density at radius 2 is 2.22 bits per heavy atom.